The number of thiophene rings is 1. The van der Waals surface area contributed by atoms with Crippen molar-refractivity contribution in [1.29, 1.82) is 0 Å². The van der Waals surface area contributed by atoms with E-state index in [1.807, 2.05) is 13.8 Å². The predicted octanol–water partition coefficient (Wildman–Crippen LogP) is 3.60. The van der Waals surface area contributed by atoms with Crippen LogP contribution in [0.5, 0.6) is 0 Å². The van der Waals surface area contributed by atoms with Gasteiger partial charge in [-0.3, -0.25) is 14.4 Å². The number of amides is 2. The average Bonchev–Trinajstić information content (AvgIpc) is 3.29. The van der Waals surface area contributed by atoms with Crippen LogP contribution in [0.2, 0.25) is 0 Å². The molecule has 2 saturated carbocycles. The highest BCUT2D eigenvalue weighted by molar-refractivity contribution is 7.17. The van der Waals surface area contributed by atoms with Crippen LogP contribution >= 0.6 is 11.3 Å². The molecule has 0 saturated heterocycles. The molecule has 2 bridgehead atoms. The van der Waals surface area contributed by atoms with E-state index in [4.69, 9.17) is 5.73 Å². The van der Waals surface area contributed by atoms with Gasteiger partial charge in [-0.2, -0.15) is 0 Å². The number of primary amides is 1. The number of fused-ring (bicyclic) bond motifs is 3. The second-order valence-electron chi connectivity index (χ2n) is 9.04. The normalized spacial score (nSPS) is 30.2. The number of carboxylic acids is 1. The standard InChI is InChI=1S/C22H28N2O4S/c1-9(2)15-12-6-7-13(15)17(22(27)28)16(12)20(26)24-21-18(19(23)25)11-5-4-10(3)8-14(11)29-21/h10,12-13,16-17H,4-8H2,1-3H3,(H2,23,25)(H,24,26)(H,27,28)/t10-,12-,13-,16+,17+/m1/s1. The first-order chi connectivity index (χ1) is 13.7. The van der Waals surface area contributed by atoms with E-state index in [0.29, 0.717) is 16.5 Å². The lowest BCUT2D eigenvalue weighted by molar-refractivity contribution is -0.148. The highest BCUT2D eigenvalue weighted by Gasteiger charge is 2.57. The van der Waals surface area contributed by atoms with Gasteiger partial charge in [0.2, 0.25) is 5.91 Å². The van der Waals surface area contributed by atoms with E-state index in [1.165, 1.54) is 11.3 Å². The van der Waals surface area contributed by atoms with E-state index in [2.05, 4.69) is 12.2 Å². The Morgan fingerprint density at radius 3 is 2.34 bits per heavy atom. The third-order valence-electron chi connectivity index (χ3n) is 7.00. The van der Waals surface area contributed by atoms with E-state index < -0.39 is 23.7 Å². The SMILES string of the molecule is CC(C)=C1[C@H]2CC[C@H]1[C@H](C(=O)Nc1sc3c(c1C(N)=O)CC[C@@H](C)C3)[C@H]2C(=O)O. The van der Waals surface area contributed by atoms with Crippen molar-refractivity contribution in [2.75, 3.05) is 5.32 Å². The molecular formula is C22H28N2O4S. The van der Waals surface area contributed by atoms with E-state index in [9.17, 15) is 19.5 Å². The van der Waals surface area contributed by atoms with Crippen molar-refractivity contribution in [3.63, 3.8) is 0 Å². The summed E-state index contributed by atoms with van der Waals surface area (Å²) in [5.41, 5.74) is 9.31. The summed E-state index contributed by atoms with van der Waals surface area (Å²) in [7, 11) is 0. The molecule has 3 aliphatic carbocycles. The molecule has 0 unspecified atom stereocenters. The lowest BCUT2D eigenvalue weighted by Crippen LogP contribution is -2.38. The molecule has 1 heterocycles. The summed E-state index contributed by atoms with van der Waals surface area (Å²) in [4.78, 5) is 38.6. The highest BCUT2D eigenvalue weighted by atomic mass is 32.1. The Balaban J connectivity index is 1.67. The van der Waals surface area contributed by atoms with Crippen molar-refractivity contribution in [2.24, 2.45) is 35.3 Å². The maximum atomic E-state index is 13.3. The number of anilines is 1. The molecule has 0 aliphatic heterocycles. The fourth-order valence-electron chi connectivity index (χ4n) is 5.90. The summed E-state index contributed by atoms with van der Waals surface area (Å²) in [6, 6.07) is 0. The number of nitrogens with two attached hydrogens (primary N) is 1. The Kier molecular flexibility index (Phi) is 5.05. The Morgan fingerprint density at radius 2 is 1.76 bits per heavy atom. The van der Waals surface area contributed by atoms with Crippen LogP contribution in [0.15, 0.2) is 11.1 Å². The minimum absolute atomic E-state index is 0.0299. The van der Waals surface area contributed by atoms with Gasteiger partial charge in [0.05, 0.1) is 17.4 Å². The number of hydrogen-bond donors (Lipinski definition) is 3. The smallest absolute Gasteiger partial charge is 0.307 e. The number of allylic oxidation sites excluding steroid dienone is 2. The molecule has 4 N–H and O–H groups in total. The van der Waals surface area contributed by atoms with Crippen LogP contribution in [-0.4, -0.2) is 22.9 Å². The average molecular weight is 417 g/mol. The third kappa shape index (κ3) is 3.19. The molecule has 0 spiro atoms. The summed E-state index contributed by atoms with van der Waals surface area (Å²) in [6.45, 7) is 6.18. The second-order valence-corrected chi connectivity index (χ2v) is 10.2. The van der Waals surface area contributed by atoms with Gasteiger partial charge < -0.3 is 16.2 Å². The fourth-order valence-corrected chi connectivity index (χ4v) is 7.32. The largest absolute Gasteiger partial charge is 0.481 e. The monoisotopic (exact) mass is 416 g/mol. The minimum Gasteiger partial charge on any atom is -0.481 e. The summed E-state index contributed by atoms with van der Waals surface area (Å²) < 4.78 is 0. The summed E-state index contributed by atoms with van der Waals surface area (Å²) in [5.74, 6) is -2.60. The zero-order valence-corrected chi connectivity index (χ0v) is 17.9. The summed E-state index contributed by atoms with van der Waals surface area (Å²) >= 11 is 1.43. The number of hydrogen-bond acceptors (Lipinski definition) is 4. The molecule has 2 amide bonds. The van der Waals surface area contributed by atoms with E-state index in [0.717, 1.165) is 53.7 Å². The highest BCUT2D eigenvalue weighted by Crippen LogP contribution is 2.57. The Hall–Kier alpha value is -2.15. The number of nitrogens with one attached hydrogen (secondary N) is 1. The van der Waals surface area contributed by atoms with Crippen LogP contribution in [0.25, 0.3) is 0 Å². The molecule has 1 aromatic heterocycles. The second kappa shape index (κ2) is 7.27. The molecule has 156 valence electrons. The van der Waals surface area contributed by atoms with Gasteiger partial charge in [0, 0.05) is 4.88 Å². The first-order valence-corrected chi connectivity index (χ1v) is 11.2. The van der Waals surface area contributed by atoms with Crippen LogP contribution in [0.4, 0.5) is 5.00 Å². The number of carboxylic acid groups (broad SMARTS) is 1. The molecule has 7 heteroatoms. The van der Waals surface area contributed by atoms with Crippen molar-refractivity contribution >= 4 is 34.1 Å². The van der Waals surface area contributed by atoms with Gasteiger partial charge in [-0.15, -0.1) is 11.3 Å². The van der Waals surface area contributed by atoms with Gasteiger partial charge >= 0.3 is 5.97 Å². The van der Waals surface area contributed by atoms with Crippen LogP contribution in [0, 0.1) is 29.6 Å². The molecule has 1 aromatic rings. The van der Waals surface area contributed by atoms with Gasteiger partial charge in [-0.25, -0.2) is 0 Å². The summed E-state index contributed by atoms with van der Waals surface area (Å²) in [5, 5.41) is 13.3. The quantitative estimate of drug-likeness (QED) is 0.651. The molecule has 6 nitrogen and oxygen atoms in total. The lowest BCUT2D eigenvalue weighted by atomic mass is 9.78. The topological polar surface area (TPSA) is 109 Å². The maximum absolute atomic E-state index is 13.3. The zero-order valence-electron chi connectivity index (χ0n) is 17.1. The van der Waals surface area contributed by atoms with Crippen molar-refractivity contribution in [1.82, 2.24) is 0 Å². The Labute approximate surface area is 174 Å². The first-order valence-electron chi connectivity index (χ1n) is 10.4. The molecule has 3 aliphatic rings. The van der Waals surface area contributed by atoms with Crippen molar-refractivity contribution < 1.29 is 19.5 Å². The van der Waals surface area contributed by atoms with Gasteiger partial charge in [-0.1, -0.05) is 18.1 Å². The molecule has 0 radical (unpaired) electrons. The Bertz CT molecular complexity index is 927. The van der Waals surface area contributed by atoms with Crippen molar-refractivity contribution in [2.45, 2.75) is 52.9 Å². The van der Waals surface area contributed by atoms with E-state index >= 15 is 0 Å². The van der Waals surface area contributed by atoms with Crippen molar-refractivity contribution in [3.8, 4) is 0 Å². The summed E-state index contributed by atoms with van der Waals surface area (Å²) in [6.07, 6.45) is 4.32. The van der Waals surface area contributed by atoms with Crippen LogP contribution in [-0.2, 0) is 22.4 Å². The van der Waals surface area contributed by atoms with Crippen LogP contribution in [0.1, 0.15) is 60.8 Å². The first kappa shape index (κ1) is 20.1. The molecule has 29 heavy (non-hydrogen) atoms. The number of carbonyl (C=O) groups excluding carboxylic acids is 2. The molecule has 5 atom stereocenters. The van der Waals surface area contributed by atoms with Crippen molar-refractivity contribution in [3.05, 3.63) is 27.2 Å². The number of rotatable bonds is 4. The number of carbonyl (C=O) groups is 3. The van der Waals surface area contributed by atoms with Gasteiger partial charge in [-0.05, 0) is 69.3 Å². The van der Waals surface area contributed by atoms with E-state index in [-0.39, 0.29) is 17.7 Å². The van der Waals surface area contributed by atoms with Gasteiger partial charge in [0.1, 0.15) is 5.00 Å². The maximum Gasteiger partial charge on any atom is 0.307 e. The molecular weight excluding hydrogens is 388 g/mol. The predicted molar refractivity (Wildman–Crippen MR) is 112 cm³/mol. The Morgan fingerprint density at radius 1 is 1.10 bits per heavy atom. The lowest BCUT2D eigenvalue weighted by Gasteiger charge is -2.26. The minimum atomic E-state index is -0.912. The van der Waals surface area contributed by atoms with Crippen LogP contribution < -0.4 is 11.1 Å². The zero-order chi connectivity index (χ0) is 21.0. The molecule has 4 rings (SSSR count). The third-order valence-corrected chi connectivity index (χ3v) is 8.17. The molecule has 0 aromatic carbocycles. The van der Waals surface area contributed by atoms with Crippen LogP contribution in [0.3, 0.4) is 0 Å². The number of aliphatic carboxylic acids is 1. The fraction of sp³-hybridized carbons (Fsp3) is 0.591. The van der Waals surface area contributed by atoms with E-state index in [1.54, 1.807) is 0 Å². The van der Waals surface area contributed by atoms with Gasteiger partial charge in [0.15, 0.2) is 0 Å². The van der Waals surface area contributed by atoms with Gasteiger partial charge in [0.25, 0.3) is 5.91 Å². The molecule has 2 fully saturated rings.